The van der Waals surface area contributed by atoms with Crippen LogP contribution in [-0.2, 0) is 4.74 Å². The van der Waals surface area contributed by atoms with Gasteiger partial charge in [0.2, 0.25) is 0 Å². The maximum absolute atomic E-state index is 5.72. The Balaban J connectivity index is 1.92. The molecule has 19 heavy (non-hydrogen) atoms. The van der Waals surface area contributed by atoms with Gasteiger partial charge in [-0.25, -0.2) is 0 Å². The molecule has 0 spiro atoms. The van der Waals surface area contributed by atoms with Crippen LogP contribution in [0.15, 0.2) is 0 Å². The molecule has 0 bridgehead atoms. The van der Waals surface area contributed by atoms with Gasteiger partial charge in [0.05, 0.1) is 6.61 Å². The maximum Gasteiger partial charge on any atom is 0.0547 e. The zero-order valence-corrected chi connectivity index (χ0v) is 13.5. The summed E-state index contributed by atoms with van der Waals surface area (Å²) >= 11 is 0. The van der Waals surface area contributed by atoms with E-state index < -0.39 is 0 Å². The normalized spacial score (nSPS) is 37.1. The zero-order chi connectivity index (χ0) is 14.1. The van der Waals surface area contributed by atoms with Crippen molar-refractivity contribution in [2.75, 3.05) is 39.4 Å². The Hall–Kier alpha value is -0.120. The van der Waals surface area contributed by atoms with E-state index >= 15 is 0 Å². The smallest absolute Gasteiger partial charge is 0.0547 e. The molecular formula is C16H32N2O. The van der Waals surface area contributed by atoms with Gasteiger partial charge < -0.3 is 15.0 Å². The van der Waals surface area contributed by atoms with Crippen molar-refractivity contribution in [3.63, 3.8) is 0 Å². The van der Waals surface area contributed by atoms with Gasteiger partial charge in [-0.15, -0.1) is 0 Å². The fourth-order valence-corrected chi connectivity index (χ4v) is 3.27. The molecule has 0 saturated carbocycles. The van der Waals surface area contributed by atoms with Gasteiger partial charge in [-0.2, -0.15) is 0 Å². The van der Waals surface area contributed by atoms with Gasteiger partial charge in [-0.05, 0) is 39.0 Å². The summed E-state index contributed by atoms with van der Waals surface area (Å²) in [5.74, 6) is 1.69. The van der Waals surface area contributed by atoms with Crippen molar-refractivity contribution in [1.82, 2.24) is 10.2 Å². The van der Waals surface area contributed by atoms with Gasteiger partial charge in [0, 0.05) is 43.7 Å². The third kappa shape index (κ3) is 4.17. The number of nitrogens with zero attached hydrogens (tertiary/aromatic N) is 1. The third-order valence-electron chi connectivity index (χ3n) is 4.80. The van der Waals surface area contributed by atoms with Crippen molar-refractivity contribution in [2.45, 2.75) is 46.6 Å². The predicted octanol–water partition coefficient (Wildman–Crippen LogP) is 2.37. The Bertz CT molecular complexity index is 282. The van der Waals surface area contributed by atoms with Crippen LogP contribution >= 0.6 is 0 Å². The molecular weight excluding hydrogens is 236 g/mol. The lowest BCUT2D eigenvalue weighted by Gasteiger charge is -2.35. The van der Waals surface area contributed by atoms with Gasteiger partial charge in [-0.3, -0.25) is 0 Å². The van der Waals surface area contributed by atoms with Gasteiger partial charge in [0.25, 0.3) is 0 Å². The van der Waals surface area contributed by atoms with E-state index in [1.807, 2.05) is 0 Å². The van der Waals surface area contributed by atoms with Gasteiger partial charge in [0.1, 0.15) is 0 Å². The number of hydrogen-bond donors (Lipinski definition) is 1. The molecule has 0 aromatic carbocycles. The highest BCUT2D eigenvalue weighted by Gasteiger charge is 2.39. The maximum atomic E-state index is 5.72. The standard InChI is InChI=1S/C16H32N2O/c1-13-8-18(9-14(13)2)11-16(6-7-19-12-16)10-17-15(3,4)5/h13-14,17H,6-12H2,1-5H3. The summed E-state index contributed by atoms with van der Waals surface area (Å²) in [6.45, 7) is 18.2. The molecule has 0 amide bonds. The molecule has 0 aromatic heterocycles. The van der Waals surface area contributed by atoms with Crippen molar-refractivity contribution < 1.29 is 4.74 Å². The topological polar surface area (TPSA) is 24.5 Å². The SMILES string of the molecule is CC1CN(CC2(CNC(C)(C)C)CCOC2)CC1C. The van der Waals surface area contributed by atoms with Crippen molar-refractivity contribution in [3.8, 4) is 0 Å². The van der Waals surface area contributed by atoms with Crippen molar-refractivity contribution in [3.05, 3.63) is 0 Å². The van der Waals surface area contributed by atoms with E-state index in [1.165, 1.54) is 26.1 Å². The molecule has 2 aliphatic heterocycles. The largest absolute Gasteiger partial charge is 0.381 e. The second kappa shape index (κ2) is 5.71. The van der Waals surface area contributed by atoms with Crippen LogP contribution in [0.1, 0.15) is 41.0 Å². The van der Waals surface area contributed by atoms with Crippen LogP contribution in [0.5, 0.6) is 0 Å². The van der Waals surface area contributed by atoms with E-state index in [9.17, 15) is 0 Å². The molecule has 2 rings (SSSR count). The molecule has 3 heteroatoms. The van der Waals surface area contributed by atoms with Crippen LogP contribution in [0.3, 0.4) is 0 Å². The van der Waals surface area contributed by atoms with Gasteiger partial charge in [0.15, 0.2) is 0 Å². The van der Waals surface area contributed by atoms with E-state index in [-0.39, 0.29) is 5.54 Å². The first-order chi connectivity index (χ1) is 8.80. The van der Waals surface area contributed by atoms with E-state index in [0.29, 0.717) is 5.41 Å². The molecule has 0 radical (unpaired) electrons. The lowest BCUT2D eigenvalue weighted by Crippen LogP contribution is -2.49. The Morgan fingerprint density at radius 3 is 2.32 bits per heavy atom. The minimum atomic E-state index is 0.196. The molecule has 112 valence electrons. The van der Waals surface area contributed by atoms with Crippen molar-refractivity contribution >= 4 is 0 Å². The van der Waals surface area contributed by atoms with E-state index in [1.54, 1.807) is 0 Å². The van der Waals surface area contributed by atoms with Crippen LogP contribution in [0.25, 0.3) is 0 Å². The van der Waals surface area contributed by atoms with E-state index in [4.69, 9.17) is 4.74 Å². The highest BCUT2D eigenvalue weighted by Crippen LogP contribution is 2.33. The minimum absolute atomic E-state index is 0.196. The Labute approximate surface area is 119 Å². The Kier molecular flexibility index (Phi) is 4.59. The average molecular weight is 268 g/mol. The first kappa shape index (κ1) is 15.3. The fraction of sp³-hybridized carbons (Fsp3) is 1.00. The number of ether oxygens (including phenoxy) is 1. The molecule has 2 heterocycles. The lowest BCUT2D eigenvalue weighted by atomic mass is 9.85. The average Bonchev–Trinajstić information content (AvgIpc) is 2.85. The molecule has 3 unspecified atom stereocenters. The number of hydrogen-bond acceptors (Lipinski definition) is 3. The van der Waals surface area contributed by atoms with Gasteiger partial charge >= 0.3 is 0 Å². The molecule has 2 saturated heterocycles. The molecule has 0 aliphatic carbocycles. The lowest BCUT2D eigenvalue weighted by molar-refractivity contribution is 0.110. The first-order valence-corrected chi connectivity index (χ1v) is 7.85. The molecule has 1 N–H and O–H groups in total. The summed E-state index contributed by atoms with van der Waals surface area (Å²) in [5.41, 5.74) is 0.526. The number of likely N-dealkylation sites (tertiary alicyclic amines) is 1. The van der Waals surface area contributed by atoms with Crippen LogP contribution in [0.2, 0.25) is 0 Å². The number of rotatable bonds is 4. The Morgan fingerprint density at radius 2 is 1.84 bits per heavy atom. The molecule has 3 nitrogen and oxygen atoms in total. The van der Waals surface area contributed by atoms with Crippen LogP contribution in [0.4, 0.5) is 0 Å². The quantitative estimate of drug-likeness (QED) is 0.847. The monoisotopic (exact) mass is 268 g/mol. The summed E-state index contributed by atoms with van der Waals surface area (Å²) in [6, 6.07) is 0. The second-order valence-corrected chi connectivity index (χ2v) is 8.05. The molecule has 2 fully saturated rings. The fourth-order valence-electron chi connectivity index (χ4n) is 3.27. The summed E-state index contributed by atoms with van der Waals surface area (Å²) in [7, 11) is 0. The van der Waals surface area contributed by atoms with Crippen LogP contribution in [0, 0.1) is 17.3 Å². The minimum Gasteiger partial charge on any atom is -0.381 e. The van der Waals surface area contributed by atoms with Gasteiger partial charge in [-0.1, -0.05) is 13.8 Å². The third-order valence-corrected chi connectivity index (χ3v) is 4.80. The molecule has 3 atom stereocenters. The summed E-state index contributed by atoms with van der Waals surface area (Å²) in [6.07, 6.45) is 1.20. The summed E-state index contributed by atoms with van der Waals surface area (Å²) in [5, 5.41) is 3.69. The molecule has 2 aliphatic rings. The first-order valence-electron chi connectivity index (χ1n) is 7.85. The van der Waals surface area contributed by atoms with Crippen molar-refractivity contribution in [1.29, 1.82) is 0 Å². The number of nitrogens with one attached hydrogen (secondary N) is 1. The van der Waals surface area contributed by atoms with E-state index in [0.717, 1.165) is 31.6 Å². The zero-order valence-electron chi connectivity index (χ0n) is 13.5. The Morgan fingerprint density at radius 1 is 1.21 bits per heavy atom. The van der Waals surface area contributed by atoms with Crippen molar-refractivity contribution in [2.24, 2.45) is 17.3 Å². The highest BCUT2D eigenvalue weighted by atomic mass is 16.5. The predicted molar refractivity (Wildman–Crippen MR) is 80.4 cm³/mol. The summed E-state index contributed by atoms with van der Waals surface area (Å²) < 4.78 is 5.72. The summed E-state index contributed by atoms with van der Waals surface area (Å²) in [4.78, 5) is 2.66. The second-order valence-electron chi connectivity index (χ2n) is 8.05. The molecule has 0 aromatic rings. The van der Waals surface area contributed by atoms with E-state index in [2.05, 4.69) is 44.8 Å². The van der Waals surface area contributed by atoms with Crippen LogP contribution in [-0.4, -0.2) is 49.8 Å². The highest BCUT2D eigenvalue weighted by molar-refractivity contribution is 4.92. The van der Waals surface area contributed by atoms with Crippen LogP contribution < -0.4 is 5.32 Å².